The molecule has 1 unspecified atom stereocenters. The molecule has 1 aliphatic carbocycles. The van der Waals surface area contributed by atoms with Crippen LogP contribution in [0.2, 0.25) is 0 Å². The lowest BCUT2D eigenvalue weighted by Crippen LogP contribution is -2.31. The molecule has 1 atom stereocenters. The van der Waals surface area contributed by atoms with Crippen molar-refractivity contribution in [2.24, 2.45) is 0 Å². The smallest absolute Gasteiger partial charge is 0.253 e. The van der Waals surface area contributed by atoms with Gasteiger partial charge in [0, 0.05) is 11.4 Å². The number of hydrogen-bond donors (Lipinski definition) is 2. The summed E-state index contributed by atoms with van der Waals surface area (Å²) in [7, 11) is 0. The maximum atomic E-state index is 12.3. The molecule has 1 aromatic carbocycles. The average molecular weight is 290 g/mol. The van der Waals surface area contributed by atoms with E-state index in [4.69, 9.17) is 10.5 Å². The first-order valence-corrected chi connectivity index (χ1v) is 7.88. The zero-order valence-electron chi connectivity index (χ0n) is 13.0. The van der Waals surface area contributed by atoms with Gasteiger partial charge in [-0.25, -0.2) is 0 Å². The highest BCUT2D eigenvalue weighted by molar-refractivity contribution is 5.95. The average Bonchev–Trinajstić information content (AvgIpc) is 2.71. The molecular weight excluding hydrogens is 264 g/mol. The van der Waals surface area contributed by atoms with Gasteiger partial charge in [0.15, 0.2) is 0 Å². The van der Waals surface area contributed by atoms with E-state index in [2.05, 4.69) is 5.32 Å². The van der Waals surface area contributed by atoms with Crippen LogP contribution in [0.1, 0.15) is 51.0 Å². The van der Waals surface area contributed by atoms with E-state index < -0.39 is 6.10 Å². The van der Waals surface area contributed by atoms with Crippen LogP contribution >= 0.6 is 0 Å². The summed E-state index contributed by atoms with van der Waals surface area (Å²) in [5, 5.41) is 2.91. The number of carbonyl (C=O) groups is 1. The SMILES string of the molecule is Cc1ccc(N)cc1NC(=O)C(C)OC1CCCCCC1. The number of ether oxygens (including phenoxy) is 1. The van der Waals surface area contributed by atoms with Gasteiger partial charge in [-0.3, -0.25) is 4.79 Å². The number of nitrogens with one attached hydrogen (secondary N) is 1. The van der Waals surface area contributed by atoms with Gasteiger partial charge < -0.3 is 15.8 Å². The van der Waals surface area contributed by atoms with Crippen LogP contribution in [0.4, 0.5) is 11.4 Å². The van der Waals surface area contributed by atoms with Crippen molar-refractivity contribution in [2.45, 2.75) is 64.6 Å². The van der Waals surface area contributed by atoms with E-state index in [0.717, 1.165) is 24.1 Å². The van der Waals surface area contributed by atoms with Crippen molar-refractivity contribution in [3.8, 4) is 0 Å². The van der Waals surface area contributed by atoms with Gasteiger partial charge in [0.05, 0.1) is 6.10 Å². The van der Waals surface area contributed by atoms with Crippen LogP contribution < -0.4 is 11.1 Å². The molecule has 1 aromatic rings. The lowest BCUT2D eigenvalue weighted by molar-refractivity contribution is -0.130. The summed E-state index contributed by atoms with van der Waals surface area (Å²) < 4.78 is 5.93. The quantitative estimate of drug-likeness (QED) is 0.657. The third-order valence-corrected chi connectivity index (χ3v) is 4.09. The Balaban J connectivity index is 1.91. The minimum atomic E-state index is -0.436. The van der Waals surface area contributed by atoms with E-state index in [-0.39, 0.29) is 12.0 Å². The fraction of sp³-hybridized carbons (Fsp3) is 0.588. The van der Waals surface area contributed by atoms with E-state index >= 15 is 0 Å². The number of nitrogens with two attached hydrogens (primary N) is 1. The number of hydrogen-bond acceptors (Lipinski definition) is 3. The van der Waals surface area contributed by atoms with Gasteiger partial charge in [0.2, 0.25) is 0 Å². The van der Waals surface area contributed by atoms with E-state index in [9.17, 15) is 4.79 Å². The lowest BCUT2D eigenvalue weighted by atomic mass is 10.1. The summed E-state index contributed by atoms with van der Waals surface area (Å²) >= 11 is 0. The van der Waals surface area contributed by atoms with E-state index in [0.29, 0.717) is 5.69 Å². The van der Waals surface area contributed by atoms with Crippen LogP contribution in [-0.2, 0) is 9.53 Å². The van der Waals surface area contributed by atoms with Crippen LogP contribution in [0.15, 0.2) is 18.2 Å². The van der Waals surface area contributed by atoms with Crippen molar-refractivity contribution in [3.05, 3.63) is 23.8 Å². The minimum Gasteiger partial charge on any atom is -0.399 e. The third-order valence-electron chi connectivity index (χ3n) is 4.09. The molecule has 2 rings (SSSR count). The summed E-state index contributed by atoms with van der Waals surface area (Å²) in [4.78, 5) is 12.3. The van der Waals surface area contributed by atoms with E-state index in [1.807, 2.05) is 26.0 Å². The standard InChI is InChI=1S/C17H26N2O2/c1-12-9-10-14(18)11-16(12)19-17(20)13(2)21-15-7-5-3-4-6-8-15/h9-11,13,15H,3-8,18H2,1-2H3,(H,19,20). The highest BCUT2D eigenvalue weighted by Crippen LogP contribution is 2.22. The van der Waals surface area contributed by atoms with Crippen LogP contribution in [0, 0.1) is 6.92 Å². The maximum absolute atomic E-state index is 12.3. The Labute approximate surface area is 127 Å². The maximum Gasteiger partial charge on any atom is 0.253 e. The number of aryl methyl sites for hydroxylation is 1. The van der Waals surface area contributed by atoms with Crippen molar-refractivity contribution in [1.82, 2.24) is 0 Å². The topological polar surface area (TPSA) is 64.3 Å². The predicted molar refractivity (Wildman–Crippen MR) is 86.3 cm³/mol. The molecular formula is C17H26N2O2. The number of carbonyl (C=O) groups excluding carboxylic acids is 1. The predicted octanol–water partition coefficient (Wildman–Crippen LogP) is 3.64. The van der Waals surface area contributed by atoms with Gasteiger partial charge in [0.25, 0.3) is 5.91 Å². The third kappa shape index (κ3) is 4.74. The summed E-state index contributed by atoms with van der Waals surface area (Å²) in [5.74, 6) is -0.104. The van der Waals surface area contributed by atoms with E-state index in [1.165, 1.54) is 25.7 Å². The van der Waals surface area contributed by atoms with Crippen molar-refractivity contribution in [2.75, 3.05) is 11.1 Å². The summed E-state index contributed by atoms with van der Waals surface area (Å²) in [5.41, 5.74) is 8.17. The molecule has 1 amide bonds. The number of rotatable bonds is 4. The van der Waals surface area contributed by atoms with Gasteiger partial charge in [-0.2, -0.15) is 0 Å². The molecule has 0 aromatic heterocycles. The zero-order chi connectivity index (χ0) is 15.2. The second-order valence-corrected chi connectivity index (χ2v) is 5.96. The zero-order valence-corrected chi connectivity index (χ0v) is 13.0. The Kier molecular flexibility index (Phi) is 5.62. The molecule has 21 heavy (non-hydrogen) atoms. The minimum absolute atomic E-state index is 0.104. The van der Waals surface area contributed by atoms with E-state index in [1.54, 1.807) is 6.07 Å². The normalized spacial score (nSPS) is 18.0. The van der Waals surface area contributed by atoms with Crippen molar-refractivity contribution >= 4 is 17.3 Å². The van der Waals surface area contributed by atoms with Crippen LogP contribution in [-0.4, -0.2) is 18.1 Å². The molecule has 3 N–H and O–H groups in total. The first kappa shape index (κ1) is 15.8. The summed E-state index contributed by atoms with van der Waals surface area (Å²) in [6, 6.07) is 5.52. The Bertz CT molecular complexity index is 480. The fourth-order valence-corrected chi connectivity index (χ4v) is 2.74. The monoisotopic (exact) mass is 290 g/mol. The molecule has 4 nitrogen and oxygen atoms in total. The van der Waals surface area contributed by atoms with Crippen LogP contribution in [0.5, 0.6) is 0 Å². The molecule has 116 valence electrons. The first-order valence-electron chi connectivity index (χ1n) is 7.88. The molecule has 1 fully saturated rings. The van der Waals surface area contributed by atoms with Crippen LogP contribution in [0.3, 0.4) is 0 Å². The highest BCUT2D eigenvalue weighted by Gasteiger charge is 2.20. The summed E-state index contributed by atoms with van der Waals surface area (Å²) in [6.07, 6.45) is 6.88. The molecule has 4 heteroatoms. The number of anilines is 2. The molecule has 0 radical (unpaired) electrons. The molecule has 1 saturated carbocycles. The Morgan fingerprint density at radius 2 is 1.95 bits per heavy atom. The van der Waals surface area contributed by atoms with Gasteiger partial charge in [0.1, 0.15) is 6.10 Å². The highest BCUT2D eigenvalue weighted by atomic mass is 16.5. The number of amides is 1. The van der Waals surface area contributed by atoms with Crippen molar-refractivity contribution < 1.29 is 9.53 Å². The van der Waals surface area contributed by atoms with Gasteiger partial charge in [-0.15, -0.1) is 0 Å². The van der Waals surface area contributed by atoms with Crippen LogP contribution in [0.25, 0.3) is 0 Å². The number of nitrogen functional groups attached to an aromatic ring is 1. The number of benzene rings is 1. The summed E-state index contributed by atoms with van der Waals surface area (Å²) in [6.45, 7) is 3.77. The molecule has 1 aliphatic rings. The second kappa shape index (κ2) is 7.46. The van der Waals surface area contributed by atoms with Gasteiger partial charge in [-0.1, -0.05) is 31.7 Å². The molecule has 0 saturated heterocycles. The fourth-order valence-electron chi connectivity index (χ4n) is 2.74. The molecule has 0 aliphatic heterocycles. The molecule has 0 bridgehead atoms. The van der Waals surface area contributed by atoms with Crippen molar-refractivity contribution in [1.29, 1.82) is 0 Å². The largest absolute Gasteiger partial charge is 0.399 e. The Morgan fingerprint density at radius 3 is 2.62 bits per heavy atom. The first-order chi connectivity index (χ1) is 10.1. The Hall–Kier alpha value is -1.55. The van der Waals surface area contributed by atoms with Gasteiger partial charge in [-0.05, 0) is 44.4 Å². The molecule has 0 heterocycles. The van der Waals surface area contributed by atoms with Gasteiger partial charge >= 0.3 is 0 Å². The second-order valence-electron chi connectivity index (χ2n) is 5.96. The molecule has 0 spiro atoms. The Morgan fingerprint density at radius 1 is 1.29 bits per heavy atom. The lowest BCUT2D eigenvalue weighted by Gasteiger charge is -2.21. The van der Waals surface area contributed by atoms with Crippen molar-refractivity contribution in [3.63, 3.8) is 0 Å².